The minimum Gasteiger partial charge on any atom is -0.476 e. The zero-order chi connectivity index (χ0) is 15.2. The summed E-state index contributed by atoms with van der Waals surface area (Å²) in [7, 11) is 0. The summed E-state index contributed by atoms with van der Waals surface area (Å²) in [5.41, 5.74) is 1.36. The van der Waals surface area contributed by atoms with Crippen molar-refractivity contribution in [1.82, 2.24) is 14.9 Å². The van der Waals surface area contributed by atoms with Gasteiger partial charge in [-0.3, -0.25) is 9.88 Å². The highest BCUT2D eigenvalue weighted by Crippen LogP contribution is 2.20. The van der Waals surface area contributed by atoms with E-state index < -0.39 is 0 Å². The molecule has 0 N–H and O–H groups in total. The first-order valence-corrected chi connectivity index (χ1v) is 8.44. The average Bonchev–Trinajstić information content (AvgIpc) is 2.57. The molecule has 2 aromatic rings. The van der Waals surface area contributed by atoms with Crippen LogP contribution in [0.3, 0.4) is 0 Å². The van der Waals surface area contributed by atoms with Crippen LogP contribution in [-0.2, 0) is 6.54 Å². The fourth-order valence-corrected chi connectivity index (χ4v) is 3.11. The molecule has 1 unspecified atom stereocenters. The van der Waals surface area contributed by atoms with Gasteiger partial charge in [0.15, 0.2) is 0 Å². The highest BCUT2D eigenvalue weighted by Gasteiger charge is 2.20. The number of nitrogens with zero attached hydrogens (tertiary/aromatic N) is 3. The van der Waals surface area contributed by atoms with E-state index >= 15 is 0 Å². The minimum absolute atomic E-state index is 0.561. The van der Waals surface area contributed by atoms with Gasteiger partial charge in [-0.1, -0.05) is 28.1 Å². The van der Waals surface area contributed by atoms with E-state index in [1.165, 1.54) is 18.4 Å². The van der Waals surface area contributed by atoms with Gasteiger partial charge >= 0.3 is 0 Å². The van der Waals surface area contributed by atoms with Crippen molar-refractivity contribution < 1.29 is 4.74 Å². The molecule has 1 fully saturated rings. The largest absolute Gasteiger partial charge is 0.476 e. The number of benzene rings is 1. The Morgan fingerprint density at radius 3 is 2.86 bits per heavy atom. The van der Waals surface area contributed by atoms with Gasteiger partial charge in [0.05, 0.1) is 12.8 Å². The van der Waals surface area contributed by atoms with Crippen LogP contribution in [0.4, 0.5) is 0 Å². The van der Waals surface area contributed by atoms with E-state index in [0.29, 0.717) is 11.8 Å². The molecule has 1 aliphatic rings. The lowest BCUT2D eigenvalue weighted by Gasteiger charge is -2.32. The summed E-state index contributed by atoms with van der Waals surface area (Å²) in [6.07, 6.45) is 7.44. The maximum atomic E-state index is 5.75. The van der Waals surface area contributed by atoms with Gasteiger partial charge in [-0.25, -0.2) is 4.98 Å². The predicted molar refractivity (Wildman–Crippen MR) is 89.7 cm³/mol. The number of hydrogen-bond donors (Lipinski definition) is 0. The fourth-order valence-electron chi connectivity index (χ4n) is 2.84. The van der Waals surface area contributed by atoms with Gasteiger partial charge in [0.1, 0.15) is 0 Å². The second kappa shape index (κ2) is 7.70. The molecule has 116 valence electrons. The van der Waals surface area contributed by atoms with Gasteiger partial charge < -0.3 is 4.74 Å². The van der Waals surface area contributed by atoms with Gasteiger partial charge in [-0.2, -0.15) is 0 Å². The Hall–Kier alpha value is -1.46. The lowest BCUT2D eigenvalue weighted by Crippen LogP contribution is -2.37. The van der Waals surface area contributed by atoms with E-state index in [-0.39, 0.29) is 0 Å². The molecule has 1 saturated heterocycles. The maximum Gasteiger partial charge on any atom is 0.232 e. The number of rotatable bonds is 5. The summed E-state index contributed by atoms with van der Waals surface area (Å²) in [4.78, 5) is 10.7. The van der Waals surface area contributed by atoms with E-state index in [1.807, 2.05) is 0 Å². The van der Waals surface area contributed by atoms with Crippen molar-refractivity contribution in [1.29, 1.82) is 0 Å². The molecular formula is C17H20BrN3O. The Labute approximate surface area is 139 Å². The fraction of sp³-hybridized carbons (Fsp3) is 0.412. The second-order valence-electron chi connectivity index (χ2n) is 5.72. The molecule has 22 heavy (non-hydrogen) atoms. The molecule has 5 heteroatoms. The van der Waals surface area contributed by atoms with Crippen LogP contribution in [0.2, 0.25) is 0 Å². The first-order chi connectivity index (χ1) is 10.8. The van der Waals surface area contributed by atoms with Crippen molar-refractivity contribution in [3.8, 4) is 5.88 Å². The van der Waals surface area contributed by atoms with E-state index in [1.54, 1.807) is 18.6 Å². The normalized spacial score (nSPS) is 19.0. The highest BCUT2D eigenvalue weighted by molar-refractivity contribution is 9.10. The predicted octanol–water partition coefficient (Wildman–Crippen LogP) is 3.53. The van der Waals surface area contributed by atoms with Gasteiger partial charge in [0.2, 0.25) is 5.88 Å². The molecule has 4 nitrogen and oxygen atoms in total. The topological polar surface area (TPSA) is 38.2 Å². The lowest BCUT2D eigenvalue weighted by molar-refractivity contribution is 0.123. The third kappa shape index (κ3) is 4.52. The summed E-state index contributed by atoms with van der Waals surface area (Å²) in [6.45, 7) is 3.97. The zero-order valence-electron chi connectivity index (χ0n) is 12.5. The van der Waals surface area contributed by atoms with Crippen LogP contribution in [0, 0.1) is 5.92 Å². The van der Waals surface area contributed by atoms with Crippen LogP contribution in [0.5, 0.6) is 5.88 Å². The Balaban J connectivity index is 1.49. The van der Waals surface area contributed by atoms with Crippen molar-refractivity contribution in [2.75, 3.05) is 19.7 Å². The first-order valence-electron chi connectivity index (χ1n) is 7.65. The molecule has 3 rings (SSSR count). The summed E-state index contributed by atoms with van der Waals surface area (Å²) in [5.74, 6) is 1.18. The van der Waals surface area contributed by atoms with Crippen molar-refractivity contribution in [2.45, 2.75) is 19.4 Å². The Kier molecular flexibility index (Phi) is 5.40. The molecule has 0 aliphatic carbocycles. The van der Waals surface area contributed by atoms with E-state index in [2.05, 4.69) is 55.1 Å². The summed E-state index contributed by atoms with van der Waals surface area (Å²) in [6, 6.07) is 8.58. The van der Waals surface area contributed by atoms with Crippen LogP contribution in [0.1, 0.15) is 18.4 Å². The number of piperidine rings is 1. The first kappa shape index (κ1) is 15.4. The third-order valence-electron chi connectivity index (χ3n) is 3.93. The van der Waals surface area contributed by atoms with Crippen LogP contribution in [-0.4, -0.2) is 34.6 Å². The molecule has 0 bridgehead atoms. The molecule has 1 aliphatic heterocycles. The summed E-state index contributed by atoms with van der Waals surface area (Å²) >= 11 is 3.48. The van der Waals surface area contributed by atoms with Crippen molar-refractivity contribution in [3.05, 3.63) is 52.9 Å². The molecule has 0 amide bonds. The van der Waals surface area contributed by atoms with Crippen LogP contribution >= 0.6 is 15.9 Å². The lowest BCUT2D eigenvalue weighted by atomic mass is 9.98. The second-order valence-corrected chi connectivity index (χ2v) is 6.64. The Morgan fingerprint density at radius 2 is 2.09 bits per heavy atom. The Morgan fingerprint density at radius 1 is 1.23 bits per heavy atom. The highest BCUT2D eigenvalue weighted by atomic mass is 79.9. The molecule has 0 radical (unpaired) electrons. The van der Waals surface area contributed by atoms with E-state index in [0.717, 1.165) is 30.7 Å². The average molecular weight is 362 g/mol. The molecular weight excluding hydrogens is 342 g/mol. The number of aromatic nitrogens is 2. The van der Waals surface area contributed by atoms with Crippen LogP contribution in [0.25, 0.3) is 0 Å². The number of hydrogen-bond acceptors (Lipinski definition) is 4. The molecule has 0 spiro atoms. The van der Waals surface area contributed by atoms with Gasteiger partial charge in [0.25, 0.3) is 0 Å². The number of halogens is 1. The number of ether oxygens (including phenoxy) is 1. The van der Waals surface area contributed by atoms with Crippen molar-refractivity contribution in [2.24, 2.45) is 5.92 Å². The number of likely N-dealkylation sites (tertiary alicyclic amines) is 1. The van der Waals surface area contributed by atoms with Gasteiger partial charge in [-0.05, 0) is 37.1 Å². The SMILES string of the molecule is Brc1ccc(CN2CCCC(COc3cnccn3)C2)cc1. The van der Waals surface area contributed by atoms with Gasteiger partial charge in [-0.15, -0.1) is 0 Å². The quantitative estimate of drug-likeness (QED) is 0.816. The standard InChI is InChI=1S/C17H20BrN3O/c18-16-5-3-14(4-6-16)11-21-9-1-2-15(12-21)13-22-17-10-19-7-8-20-17/h3-8,10,15H,1-2,9,11-13H2. The van der Waals surface area contributed by atoms with Crippen molar-refractivity contribution in [3.63, 3.8) is 0 Å². The van der Waals surface area contributed by atoms with E-state index in [9.17, 15) is 0 Å². The van der Waals surface area contributed by atoms with Crippen LogP contribution < -0.4 is 4.74 Å². The van der Waals surface area contributed by atoms with Crippen molar-refractivity contribution >= 4 is 15.9 Å². The Bertz CT molecular complexity index is 576. The summed E-state index contributed by atoms with van der Waals surface area (Å²) in [5, 5.41) is 0. The zero-order valence-corrected chi connectivity index (χ0v) is 14.1. The van der Waals surface area contributed by atoms with Crippen LogP contribution in [0.15, 0.2) is 47.3 Å². The maximum absolute atomic E-state index is 5.75. The smallest absolute Gasteiger partial charge is 0.232 e. The molecule has 2 heterocycles. The molecule has 1 aromatic carbocycles. The molecule has 0 saturated carbocycles. The molecule has 1 atom stereocenters. The summed E-state index contributed by atoms with van der Waals surface area (Å²) < 4.78 is 6.88. The monoisotopic (exact) mass is 361 g/mol. The third-order valence-corrected chi connectivity index (χ3v) is 4.46. The van der Waals surface area contributed by atoms with Gasteiger partial charge in [0, 0.05) is 35.9 Å². The minimum atomic E-state index is 0.561. The van der Waals surface area contributed by atoms with E-state index in [4.69, 9.17) is 4.74 Å². The molecule has 1 aromatic heterocycles.